The summed E-state index contributed by atoms with van der Waals surface area (Å²) in [5, 5.41) is 0. The zero-order valence-corrected chi connectivity index (χ0v) is 13.1. The summed E-state index contributed by atoms with van der Waals surface area (Å²) in [6.45, 7) is 9.39. The van der Waals surface area contributed by atoms with Crippen molar-refractivity contribution in [3.63, 3.8) is 0 Å². The Balaban J connectivity index is 3.65. The molecular formula is C16H35NO. The van der Waals surface area contributed by atoms with E-state index in [9.17, 15) is 0 Å². The Bertz CT molecular complexity index is 184. The van der Waals surface area contributed by atoms with E-state index in [1.807, 2.05) is 6.92 Å². The minimum absolute atomic E-state index is 0.128. The Morgan fingerprint density at radius 1 is 0.944 bits per heavy atom. The molecule has 0 aromatic carbocycles. The lowest BCUT2D eigenvalue weighted by molar-refractivity contribution is -0.0483. The zero-order chi connectivity index (χ0) is 13.9. The second-order valence-corrected chi connectivity index (χ2v) is 5.62. The molecular weight excluding hydrogens is 222 g/mol. The standard InChI is InChI=1S/C16H35NO/c1-5-8-9-10-11-12-13-14-15(17)16(4,6-2)18-7-3/h15H,5-14,17H2,1-4H3. The van der Waals surface area contributed by atoms with Gasteiger partial charge >= 0.3 is 0 Å². The Kier molecular flexibility index (Phi) is 10.8. The van der Waals surface area contributed by atoms with Gasteiger partial charge in [0.1, 0.15) is 0 Å². The van der Waals surface area contributed by atoms with Crippen LogP contribution in [0.3, 0.4) is 0 Å². The highest BCUT2D eigenvalue weighted by Crippen LogP contribution is 2.22. The molecule has 2 nitrogen and oxygen atoms in total. The highest BCUT2D eigenvalue weighted by atomic mass is 16.5. The van der Waals surface area contributed by atoms with E-state index in [0.29, 0.717) is 0 Å². The molecule has 0 bridgehead atoms. The van der Waals surface area contributed by atoms with Crippen LogP contribution in [-0.2, 0) is 4.74 Å². The average molecular weight is 257 g/mol. The minimum atomic E-state index is -0.128. The fraction of sp³-hybridized carbons (Fsp3) is 1.00. The third-order valence-electron chi connectivity index (χ3n) is 4.08. The van der Waals surface area contributed by atoms with Gasteiger partial charge in [-0.2, -0.15) is 0 Å². The monoisotopic (exact) mass is 257 g/mol. The van der Waals surface area contributed by atoms with Crippen molar-refractivity contribution in [3.8, 4) is 0 Å². The molecule has 0 heterocycles. The number of unbranched alkanes of at least 4 members (excludes halogenated alkanes) is 6. The van der Waals surface area contributed by atoms with Crippen LogP contribution < -0.4 is 5.73 Å². The number of hydrogen-bond donors (Lipinski definition) is 1. The highest BCUT2D eigenvalue weighted by molar-refractivity contribution is 4.85. The maximum Gasteiger partial charge on any atom is 0.0801 e. The topological polar surface area (TPSA) is 35.2 Å². The molecule has 0 aromatic heterocycles. The van der Waals surface area contributed by atoms with Gasteiger partial charge in [0.15, 0.2) is 0 Å². The van der Waals surface area contributed by atoms with E-state index in [0.717, 1.165) is 19.4 Å². The minimum Gasteiger partial charge on any atom is -0.374 e. The Morgan fingerprint density at radius 2 is 1.50 bits per heavy atom. The normalized spacial score (nSPS) is 16.5. The molecule has 0 aliphatic heterocycles. The van der Waals surface area contributed by atoms with E-state index >= 15 is 0 Å². The highest BCUT2D eigenvalue weighted by Gasteiger charge is 2.29. The lowest BCUT2D eigenvalue weighted by Crippen LogP contribution is -2.47. The number of nitrogens with two attached hydrogens (primary N) is 1. The van der Waals surface area contributed by atoms with E-state index in [4.69, 9.17) is 10.5 Å². The lowest BCUT2D eigenvalue weighted by Gasteiger charge is -2.34. The second-order valence-electron chi connectivity index (χ2n) is 5.62. The summed E-state index contributed by atoms with van der Waals surface area (Å²) in [5.41, 5.74) is 6.16. The quantitative estimate of drug-likeness (QED) is 0.516. The largest absolute Gasteiger partial charge is 0.374 e. The summed E-state index contributed by atoms with van der Waals surface area (Å²) in [4.78, 5) is 0. The van der Waals surface area contributed by atoms with Crippen molar-refractivity contribution in [2.45, 2.75) is 97.1 Å². The van der Waals surface area contributed by atoms with Gasteiger partial charge in [-0.3, -0.25) is 0 Å². The Hall–Kier alpha value is -0.0800. The van der Waals surface area contributed by atoms with Crippen molar-refractivity contribution in [1.29, 1.82) is 0 Å². The van der Waals surface area contributed by atoms with Crippen molar-refractivity contribution in [3.05, 3.63) is 0 Å². The molecule has 0 amide bonds. The summed E-state index contributed by atoms with van der Waals surface area (Å²) < 4.78 is 5.83. The molecule has 0 rings (SSSR count). The van der Waals surface area contributed by atoms with Gasteiger partial charge in [-0.1, -0.05) is 58.8 Å². The fourth-order valence-corrected chi connectivity index (χ4v) is 2.43. The maximum atomic E-state index is 6.29. The molecule has 0 radical (unpaired) electrons. The van der Waals surface area contributed by atoms with Gasteiger partial charge in [-0.05, 0) is 26.7 Å². The third-order valence-corrected chi connectivity index (χ3v) is 4.08. The fourth-order valence-electron chi connectivity index (χ4n) is 2.43. The van der Waals surface area contributed by atoms with Gasteiger partial charge in [-0.25, -0.2) is 0 Å². The first kappa shape index (κ1) is 17.9. The first-order valence-corrected chi connectivity index (χ1v) is 8.00. The first-order valence-electron chi connectivity index (χ1n) is 8.00. The zero-order valence-electron chi connectivity index (χ0n) is 13.1. The second kappa shape index (κ2) is 10.8. The molecule has 0 fully saturated rings. The van der Waals surface area contributed by atoms with Gasteiger partial charge in [0.05, 0.1) is 5.60 Å². The molecule has 110 valence electrons. The van der Waals surface area contributed by atoms with Crippen molar-refractivity contribution in [1.82, 2.24) is 0 Å². The Morgan fingerprint density at radius 3 is 2.00 bits per heavy atom. The molecule has 2 heteroatoms. The van der Waals surface area contributed by atoms with E-state index in [1.54, 1.807) is 0 Å². The predicted molar refractivity (Wildman–Crippen MR) is 80.9 cm³/mol. The molecule has 0 aliphatic rings. The van der Waals surface area contributed by atoms with Gasteiger partial charge < -0.3 is 10.5 Å². The van der Waals surface area contributed by atoms with E-state index in [-0.39, 0.29) is 11.6 Å². The van der Waals surface area contributed by atoms with Crippen molar-refractivity contribution in [2.75, 3.05) is 6.61 Å². The third kappa shape index (κ3) is 7.38. The SMILES string of the molecule is CCCCCCCCCC(N)C(C)(CC)OCC. The molecule has 2 N–H and O–H groups in total. The molecule has 0 aliphatic carbocycles. The van der Waals surface area contributed by atoms with Crippen LogP contribution in [0.5, 0.6) is 0 Å². The molecule has 0 saturated carbocycles. The molecule has 0 aromatic rings. The molecule has 2 unspecified atom stereocenters. The van der Waals surface area contributed by atoms with Gasteiger partial charge in [0.25, 0.3) is 0 Å². The number of ether oxygens (including phenoxy) is 1. The summed E-state index contributed by atoms with van der Waals surface area (Å²) in [7, 11) is 0. The summed E-state index contributed by atoms with van der Waals surface area (Å²) in [5.74, 6) is 0. The van der Waals surface area contributed by atoms with E-state index < -0.39 is 0 Å². The summed E-state index contributed by atoms with van der Waals surface area (Å²) >= 11 is 0. The molecule has 2 atom stereocenters. The summed E-state index contributed by atoms with van der Waals surface area (Å²) in [6, 6.07) is 0.179. The van der Waals surface area contributed by atoms with Gasteiger partial charge in [-0.15, -0.1) is 0 Å². The molecule has 0 spiro atoms. The van der Waals surface area contributed by atoms with Crippen LogP contribution in [0.4, 0.5) is 0 Å². The number of hydrogen-bond acceptors (Lipinski definition) is 2. The van der Waals surface area contributed by atoms with Crippen molar-refractivity contribution >= 4 is 0 Å². The van der Waals surface area contributed by atoms with Gasteiger partial charge in [0.2, 0.25) is 0 Å². The van der Waals surface area contributed by atoms with Crippen LogP contribution in [0.2, 0.25) is 0 Å². The molecule has 0 saturated heterocycles. The predicted octanol–water partition coefficient (Wildman–Crippen LogP) is 4.66. The van der Waals surface area contributed by atoms with Crippen LogP contribution >= 0.6 is 0 Å². The van der Waals surface area contributed by atoms with Crippen LogP contribution in [0.1, 0.15) is 85.5 Å². The van der Waals surface area contributed by atoms with E-state index in [2.05, 4.69) is 20.8 Å². The van der Waals surface area contributed by atoms with Gasteiger partial charge in [0, 0.05) is 12.6 Å². The maximum absolute atomic E-state index is 6.29. The smallest absolute Gasteiger partial charge is 0.0801 e. The summed E-state index contributed by atoms with van der Waals surface area (Å²) in [6.07, 6.45) is 11.5. The van der Waals surface area contributed by atoms with Crippen molar-refractivity contribution < 1.29 is 4.74 Å². The lowest BCUT2D eigenvalue weighted by atomic mass is 9.89. The van der Waals surface area contributed by atoms with Crippen molar-refractivity contribution in [2.24, 2.45) is 5.73 Å². The molecule has 18 heavy (non-hydrogen) atoms. The van der Waals surface area contributed by atoms with Crippen LogP contribution in [0.25, 0.3) is 0 Å². The van der Waals surface area contributed by atoms with Crippen LogP contribution in [0.15, 0.2) is 0 Å². The Labute approximate surface area is 115 Å². The van der Waals surface area contributed by atoms with E-state index in [1.165, 1.54) is 44.9 Å². The average Bonchev–Trinajstić information content (AvgIpc) is 2.37. The first-order chi connectivity index (χ1) is 8.60. The van der Waals surface area contributed by atoms with Crippen LogP contribution in [-0.4, -0.2) is 18.2 Å². The van der Waals surface area contributed by atoms with Crippen LogP contribution in [0, 0.1) is 0 Å². The number of rotatable bonds is 12.